The van der Waals surface area contributed by atoms with Gasteiger partial charge in [-0.2, -0.15) is 0 Å². The van der Waals surface area contributed by atoms with Crippen molar-refractivity contribution in [2.45, 2.75) is 57.7 Å². The molecule has 1 saturated heterocycles. The first-order chi connectivity index (χ1) is 15.7. The van der Waals surface area contributed by atoms with Gasteiger partial charge >= 0.3 is 0 Å². The fraction of sp³-hybridized carbons (Fsp3) is 0.538. The van der Waals surface area contributed by atoms with E-state index in [1.165, 1.54) is 0 Å². The summed E-state index contributed by atoms with van der Waals surface area (Å²) in [6.07, 6.45) is 5.18. The summed E-state index contributed by atoms with van der Waals surface area (Å²) < 4.78 is 12.0. The molecule has 172 valence electrons. The van der Waals surface area contributed by atoms with Gasteiger partial charge in [0.25, 0.3) is 5.91 Å². The molecule has 32 heavy (non-hydrogen) atoms. The van der Waals surface area contributed by atoms with Gasteiger partial charge in [-0.3, -0.25) is 14.7 Å². The molecule has 6 heteroatoms. The number of pyridine rings is 1. The number of hydrogen-bond donors (Lipinski definition) is 0. The molecule has 6 nitrogen and oxygen atoms in total. The summed E-state index contributed by atoms with van der Waals surface area (Å²) >= 11 is 0. The van der Waals surface area contributed by atoms with Crippen molar-refractivity contribution in [3.05, 3.63) is 59.4 Å². The number of piperidine rings is 1. The Hall–Kier alpha value is -2.44. The van der Waals surface area contributed by atoms with E-state index in [2.05, 4.69) is 22.0 Å². The van der Waals surface area contributed by atoms with Crippen LogP contribution in [0, 0.1) is 6.92 Å². The number of amides is 1. The van der Waals surface area contributed by atoms with Crippen molar-refractivity contribution >= 4 is 5.91 Å². The predicted molar refractivity (Wildman–Crippen MR) is 125 cm³/mol. The number of aryl methyl sites for hydroxylation is 1. The van der Waals surface area contributed by atoms with Crippen LogP contribution in [-0.2, 0) is 11.3 Å². The number of hydrogen-bond acceptors (Lipinski definition) is 5. The number of carbonyl (C=O) groups excluding carboxylic acids is 1. The number of ether oxygens (including phenoxy) is 2. The zero-order chi connectivity index (χ0) is 22.3. The van der Waals surface area contributed by atoms with E-state index in [1.54, 1.807) is 7.11 Å². The number of aromatic nitrogens is 1. The van der Waals surface area contributed by atoms with Crippen LogP contribution in [0.25, 0.3) is 0 Å². The maximum atomic E-state index is 13.5. The summed E-state index contributed by atoms with van der Waals surface area (Å²) in [7, 11) is 1.77. The Bertz CT molecular complexity index is 903. The van der Waals surface area contributed by atoms with Crippen LogP contribution in [0.1, 0.15) is 53.8 Å². The first-order valence-electron chi connectivity index (χ1n) is 11.9. The highest BCUT2D eigenvalue weighted by molar-refractivity contribution is 5.97. The van der Waals surface area contributed by atoms with E-state index in [1.807, 2.05) is 42.2 Å². The van der Waals surface area contributed by atoms with E-state index < -0.39 is 0 Å². The highest BCUT2D eigenvalue weighted by atomic mass is 16.5. The molecule has 4 rings (SSSR count). The van der Waals surface area contributed by atoms with Gasteiger partial charge in [0.1, 0.15) is 12.4 Å². The molecule has 0 bridgehead atoms. The third-order valence-electron chi connectivity index (χ3n) is 6.62. The topological polar surface area (TPSA) is 54.9 Å². The van der Waals surface area contributed by atoms with E-state index in [4.69, 9.17) is 9.47 Å². The lowest BCUT2D eigenvalue weighted by Gasteiger charge is -2.41. The van der Waals surface area contributed by atoms with Crippen LogP contribution in [0.2, 0.25) is 0 Å². The first kappa shape index (κ1) is 22.7. The number of benzene rings is 1. The molecule has 2 aliphatic heterocycles. The summed E-state index contributed by atoms with van der Waals surface area (Å²) in [5.74, 6) is 0.732. The molecule has 3 heterocycles. The second kappa shape index (κ2) is 10.9. The molecule has 0 aliphatic carbocycles. The molecule has 0 saturated carbocycles. The second-order valence-corrected chi connectivity index (χ2v) is 8.87. The van der Waals surface area contributed by atoms with E-state index in [0.29, 0.717) is 17.9 Å². The van der Waals surface area contributed by atoms with Gasteiger partial charge in [0.05, 0.1) is 23.4 Å². The third kappa shape index (κ3) is 5.48. The number of para-hydroxylation sites is 1. The molecule has 0 unspecified atom stereocenters. The van der Waals surface area contributed by atoms with Gasteiger partial charge in [0.15, 0.2) is 0 Å². The lowest BCUT2D eigenvalue weighted by Crippen LogP contribution is -2.51. The molecule has 0 spiro atoms. The number of carbonyl (C=O) groups is 1. The molecule has 1 amide bonds. The lowest BCUT2D eigenvalue weighted by molar-refractivity contribution is -0.0155. The van der Waals surface area contributed by atoms with Crippen LogP contribution < -0.4 is 4.74 Å². The van der Waals surface area contributed by atoms with Gasteiger partial charge in [0.2, 0.25) is 0 Å². The van der Waals surface area contributed by atoms with Gasteiger partial charge in [-0.25, -0.2) is 0 Å². The highest BCUT2D eigenvalue weighted by Gasteiger charge is 2.35. The van der Waals surface area contributed by atoms with Gasteiger partial charge in [-0.05, 0) is 63.4 Å². The number of nitrogens with zero attached hydrogens (tertiary/aromatic N) is 3. The molecule has 2 aliphatic rings. The van der Waals surface area contributed by atoms with Crippen molar-refractivity contribution in [1.82, 2.24) is 14.8 Å². The minimum atomic E-state index is 0.0624. The smallest absolute Gasteiger partial charge is 0.257 e. The fourth-order valence-electron chi connectivity index (χ4n) is 4.97. The van der Waals surface area contributed by atoms with E-state index >= 15 is 0 Å². The average Bonchev–Trinajstić information content (AvgIpc) is 2.82. The summed E-state index contributed by atoms with van der Waals surface area (Å²) in [6.45, 7) is 5.94. The van der Waals surface area contributed by atoms with Crippen LogP contribution in [0.5, 0.6) is 5.75 Å². The van der Waals surface area contributed by atoms with Crippen molar-refractivity contribution in [2.24, 2.45) is 0 Å². The number of rotatable bonds is 3. The minimum absolute atomic E-state index is 0.0624. The van der Waals surface area contributed by atoms with Crippen molar-refractivity contribution in [3.63, 3.8) is 0 Å². The number of methoxy groups -OCH3 is 1. The normalized spacial score (nSPS) is 23.2. The monoisotopic (exact) mass is 437 g/mol. The van der Waals surface area contributed by atoms with Crippen LogP contribution in [0.3, 0.4) is 0 Å². The molecule has 2 atom stereocenters. The molecular weight excluding hydrogens is 402 g/mol. The standard InChI is InChI=1S/C26H35N3O3/c1-20-9-7-10-21(27-20)19-28-15-6-5-12-23-25(31-2)14-8-16-29(23)26(30)22-11-3-4-13-24(22)32-18-17-28/h3-4,7,9-11,13,23,25H,5-6,8,12,14-19H2,1-2H3/t23-,25-/m1/s1. The Morgan fingerprint density at radius 2 is 1.91 bits per heavy atom. The Labute approximate surface area is 191 Å². The summed E-state index contributed by atoms with van der Waals surface area (Å²) in [4.78, 5) is 22.7. The summed E-state index contributed by atoms with van der Waals surface area (Å²) in [5.41, 5.74) is 2.78. The second-order valence-electron chi connectivity index (χ2n) is 8.87. The maximum absolute atomic E-state index is 13.5. The van der Waals surface area contributed by atoms with Crippen LogP contribution >= 0.6 is 0 Å². The van der Waals surface area contributed by atoms with E-state index in [0.717, 1.165) is 69.7 Å². The minimum Gasteiger partial charge on any atom is -0.491 e. The summed E-state index contributed by atoms with van der Waals surface area (Å²) in [5, 5.41) is 0. The third-order valence-corrected chi connectivity index (χ3v) is 6.62. The van der Waals surface area contributed by atoms with Gasteiger partial charge < -0.3 is 14.4 Å². The quantitative estimate of drug-likeness (QED) is 0.724. The van der Waals surface area contributed by atoms with Crippen molar-refractivity contribution in [3.8, 4) is 5.75 Å². The van der Waals surface area contributed by atoms with Gasteiger partial charge in [-0.15, -0.1) is 0 Å². The largest absolute Gasteiger partial charge is 0.491 e. The Morgan fingerprint density at radius 1 is 1.03 bits per heavy atom. The highest BCUT2D eigenvalue weighted by Crippen LogP contribution is 2.29. The first-order valence-corrected chi connectivity index (χ1v) is 11.9. The fourth-order valence-corrected chi connectivity index (χ4v) is 4.97. The molecule has 0 N–H and O–H groups in total. The van der Waals surface area contributed by atoms with Crippen LogP contribution in [0.4, 0.5) is 0 Å². The van der Waals surface area contributed by atoms with Crippen molar-refractivity contribution < 1.29 is 14.3 Å². The molecule has 2 aromatic rings. The van der Waals surface area contributed by atoms with Crippen LogP contribution in [-0.4, -0.2) is 66.2 Å². The molecule has 1 fully saturated rings. The molecule has 1 aromatic carbocycles. The SMILES string of the molecule is CO[C@@H]1CCCN2C(=O)c3ccccc3OCCN(Cc3cccc(C)n3)CCCC[C@H]12. The van der Waals surface area contributed by atoms with Crippen molar-refractivity contribution in [2.75, 3.05) is 33.4 Å². The Balaban J connectivity index is 1.56. The number of fused-ring (bicyclic) bond motifs is 2. The van der Waals surface area contributed by atoms with Crippen LogP contribution in [0.15, 0.2) is 42.5 Å². The van der Waals surface area contributed by atoms with Crippen molar-refractivity contribution in [1.29, 1.82) is 0 Å². The van der Waals surface area contributed by atoms with E-state index in [9.17, 15) is 4.79 Å². The summed E-state index contributed by atoms with van der Waals surface area (Å²) in [6, 6.07) is 14.0. The Kier molecular flexibility index (Phi) is 7.76. The zero-order valence-electron chi connectivity index (χ0n) is 19.3. The maximum Gasteiger partial charge on any atom is 0.257 e. The van der Waals surface area contributed by atoms with Gasteiger partial charge in [-0.1, -0.05) is 24.6 Å². The Morgan fingerprint density at radius 3 is 2.75 bits per heavy atom. The zero-order valence-corrected chi connectivity index (χ0v) is 19.3. The molecule has 0 radical (unpaired) electrons. The lowest BCUT2D eigenvalue weighted by atomic mass is 9.93. The predicted octanol–water partition coefficient (Wildman–Crippen LogP) is 4.07. The van der Waals surface area contributed by atoms with E-state index in [-0.39, 0.29) is 18.1 Å². The van der Waals surface area contributed by atoms with Gasteiger partial charge in [0, 0.05) is 32.4 Å². The molecular formula is C26H35N3O3. The average molecular weight is 438 g/mol. The molecule has 1 aromatic heterocycles.